The van der Waals surface area contributed by atoms with Crippen molar-refractivity contribution in [2.24, 2.45) is 0 Å². The van der Waals surface area contributed by atoms with Crippen molar-refractivity contribution in [3.05, 3.63) is 91.0 Å². The molecule has 3 aromatic carbocycles. The van der Waals surface area contributed by atoms with Crippen LogP contribution < -0.4 is 15.5 Å². The standard InChI is InChI=1S/C35H34FN9O3/c36-26-6-2-24(3-7-26)32-29-20-27(8-11-30(29)41-42-32)40-34(48)35(39-23-46)12-15-43(22-35)21-31(47)45-18-16-44(17-19-45)28-9-4-25(5-10-28)33-37-13-1-14-38-33/h1-11,13-14,20,23H,12,15-19,21-22H2,(H,39,46)(H,40,48)(H,41,42). The van der Waals surface area contributed by atoms with Gasteiger partial charge in [0.1, 0.15) is 11.4 Å². The topological polar surface area (TPSA) is 139 Å². The Kier molecular flexibility index (Phi) is 8.51. The minimum Gasteiger partial charge on any atom is -0.368 e. The van der Waals surface area contributed by atoms with Crippen molar-refractivity contribution in [3.63, 3.8) is 0 Å². The fourth-order valence-electron chi connectivity index (χ4n) is 6.45. The molecule has 48 heavy (non-hydrogen) atoms. The number of carbonyl (C=O) groups excluding carboxylic acids is 3. The number of carbonyl (C=O) groups is 3. The van der Waals surface area contributed by atoms with E-state index in [9.17, 15) is 18.8 Å². The number of aromatic amines is 1. The summed E-state index contributed by atoms with van der Waals surface area (Å²) in [5, 5.41) is 13.8. The number of piperazine rings is 1. The van der Waals surface area contributed by atoms with Crippen LogP contribution >= 0.6 is 0 Å². The number of anilines is 2. The first-order valence-corrected chi connectivity index (χ1v) is 15.8. The number of likely N-dealkylation sites (tertiary alicyclic amines) is 1. The van der Waals surface area contributed by atoms with Gasteiger partial charge in [0.05, 0.1) is 17.8 Å². The number of amides is 3. The van der Waals surface area contributed by atoms with Crippen LogP contribution in [0.25, 0.3) is 33.5 Å². The fraction of sp³-hybridized carbons (Fsp3) is 0.257. The van der Waals surface area contributed by atoms with Gasteiger partial charge in [-0.1, -0.05) is 0 Å². The molecule has 2 saturated heterocycles. The van der Waals surface area contributed by atoms with Crippen LogP contribution in [0.4, 0.5) is 15.8 Å². The third-order valence-corrected chi connectivity index (χ3v) is 9.10. The second kappa shape index (κ2) is 13.2. The van der Waals surface area contributed by atoms with E-state index in [0.29, 0.717) is 62.8 Å². The van der Waals surface area contributed by atoms with Gasteiger partial charge >= 0.3 is 0 Å². The minimum atomic E-state index is -1.19. The normalized spacial score (nSPS) is 18.2. The molecule has 0 radical (unpaired) electrons. The molecule has 3 amide bonds. The third kappa shape index (κ3) is 6.32. The first-order chi connectivity index (χ1) is 23.4. The largest absolute Gasteiger partial charge is 0.368 e. The number of benzene rings is 3. The third-order valence-electron chi connectivity index (χ3n) is 9.10. The van der Waals surface area contributed by atoms with E-state index in [-0.39, 0.29) is 30.7 Å². The molecule has 0 bridgehead atoms. The maximum absolute atomic E-state index is 13.7. The molecule has 0 spiro atoms. The first kappa shape index (κ1) is 30.9. The van der Waals surface area contributed by atoms with Crippen LogP contribution in [0, 0.1) is 5.82 Å². The Bertz CT molecular complexity index is 1930. The van der Waals surface area contributed by atoms with Crippen LogP contribution in [-0.4, -0.2) is 99.5 Å². The number of rotatable bonds is 9. The van der Waals surface area contributed by atoms with E-state index in [0.717, 1.165) is 27.7 Å². The van der Waals surface area contributed by atoms with Gasteiger partial charge in [0, 0.05) is 79.6 Å². The molecule has 2 aromatic heterocycles. The smallest absolute Gasteiger partial charge is 0.251 e. The van der Waals surface area contributed by atoms with Gasteiger partial charge in [-0.3, -0.25) is 24.4 Å². The lowest BCUT2D eigenvalue weighted by Gasteiger charge is -2.37. The quantitative estimate of drug-likeness (QED) is 0.207. The maximum atomic E-state index is 13.7. The highest BCUT2D eigenvalue weighted by Gasteiger charge is 2.45. The zero-order valence-electron chi connectivity index (χ0n) is 26.1. The summed E-state index contributed by atoms with van der Waals surface area (Å²) in [5.41, 5.74) is 3.48. The van der Waals surface area contributed by atoms with Crippen molar-refractivity contribution < 1.29 is 18.8 Å². The molecule has 1 atom stereocenters. The van der Waals surface area contributed by atoms with Gasteiger partial charge in [0.25, 0.3) is 5.91 Å². The van der Waals surface area contributed by atoms with Crippen molar-refractivity contribution in [1.82, 2.24) is 35.3 Å². The van der Waals surface area contributed by atoms with Crippen molar-refractivity contribution in [1.29, 1.82) is 0 Å². The highest BCUT2D eigenvalue weighted by atomic mass is 19.1. The highest BCUT2D eigenvalue weighted by Crippen LogP contribution is 2.30. The monoisotopic (exact) mass is 647 g/mol. The Morgan fingerprint density at radius 2 is 1.65 bits per heavy atom. The van der Waals surface area contributed by atoms with Crippen LogP contribution in [0.3, 0.4) is 0 Å². The lowest BCUT2D eigenvalue weighted by Crippen LogP contribution is -2.56. The van der Waals surface area contributed by atoms with E-state index < -0.39 is 5.54 Å². The first-order valence-electron chi connectivity index (χ1n) is 15.8. The Labute approximate surface area is 276 Å². The molecule has 0 aliphatic carbocycles. The summed E-state index contributed by atoms with van der Waals surface area (Å²) >= 11 is 0. The molecule has 1 unspecified atom stereocenters. The number of aromatic nitrogens is 4. The van der Waals surface area contributed by atoms with Crippen LogP contribution in [0.15, 0.2) is 85.2 Å². The lowest BCUT2D eigenvalue weighted by molar-refractivity contribution is -0.133. The van der Waals surface area contributed by atoms with E-state index in [2.05, 4.69) is 47.8 Å². The Morgan fingerprint density at radius 1 is 0.917 bits per heavy atom. The molecular weight excluding hydrogens is 613 g/mol. The van der Waals surface area contributed by atoms with Crippen molar-refractivity contribution in [2.45, 2.75) is 12.0 Å². The van der Waals surface area contributed by atoms with Crippen molar-refractivity contribution >= 4 is 40.5 Å². The molecule has 244 valence electrons. The minimum absolute atomic E-state index is 0.00716. The van der Waals surface area contributed by atoms with E-state index in [1.807, 2.05) is 21.9 Å². The second-order valence-electron chi connectivity index (χ2n) is 12.1. The molecule has 5 aromatic rings. The predicted molar refractivity (Wildman–Crippen MR) is 179 cm³/mol. The van der Waals surface area contributed by atoms with Crippen LogP contribution in [-0.2, 0) is 14.4 Å². The summed E-state index contributed by atoms with van der Waals surface area (Å²) in [4.78, 5) is 53.3. The second-order valence-corrected chi connectivity index (χ2v) is 12.1. The summed E-state index contributed by atoms with van der Waals surface area (Å²) in [5.74, 6) is -0.0347. The zero-order valence-corrected chi connectivity index (χ0v) is 26.1. The van der Waals surface area contributed by atoms with Gasteiger partial charge in [-0.2, -0.15) is 5.10 Å². The van der Waals surface area contributed by atoms with Gasteiger partial charge in [-0.25, -0.2) is 14.4 Å². The fourth-order valence-corrected chi connectivity index (χ4v) is 6.45. The van der Waals surface area contributed by atoms with E-state index in [1.165, 1.54) is 12.1 Å². The Hall–Kier alpha value is -5.69. The van der Waals surface area contributed by atoms with Crippen LogP contribution in [0.2, 0.25) is 0 Å². The molecule has 2 aliphatic heterocycles. The molecule has 2 fully saturated rings. The number of hydrogen-bond donors (Lipinski definition) is 3. The van der Waals surface area contributed by atoms with Crippen LogP contribution in [0.5, 0.6) is 0 Å². The molecule has 2 aliphatic rings. The van der Waals surface area contributed by atoms with E-state index in [1.54, 1.807) is 48.8 Å². The highest BCUT2D eigenvalue weighted by molar-refractivity contribution is 6.02. The average molecular weight is 648 g/mol. The van der Waals surface area contributed by atoms with E-state index in [4.69, 9.17) is 0 Å². The lowest BCUT2D eigenvalue weighted by atomic mass is 9.97. The molecular formula is C35H34FN9O3. The van der Waals surface area contributed by atoms with Gasteiger partial charge in [0.15, 0.2) is 5.82 Å². The molecule has 4 heterocycles. The molecule has 3 N–H and O–H groups in total. The van der Waals surface area contributed by atoms with E-state index >= 15 is 0 Å². The summed E-state index contributed by atoms with van der Waals surface area (Å²) in [7, 11) is 0. The number of fused-ring (bicyclic) bond motifs is 1. The Balaban J connectivity index is 0.955. The maximum Gasteiger partial charge on any atom is 0.251 e. The molecule has 0 saturated carbocycles. The number of nitrogens with zero attached hydrogens (tertiary/aromatic N) is 6. The SMILES string of the molecule is O=CNC1(C(=O)Nc2ccc3[nH]nc(-c4ccc(F)cc4)c3c2)CCN(CC(=O)N2CCN(c3ccc(-c4ncccn4)cc3)CC2)C1. The number of halogens is 1. The van der Waals surface area contributed by atoms with Gasteiger partial charge in [-0.05, 0) is 79.2 Å². The molecule has 7 rings (SSSR count). The summed E-state index contributed by atoms with van der Waals surface area (Å²) in [6.07, 6.45) is 4.34. The van der Waals surface area contributed by atoms with Crippen molar-refractivity contribution in [3.8, 4) is 22.6 Å². The van der Waals surface area contributed by atoms with Gasteiger partial charge in [-0.15, -0.1) is 0 Å². The number of H-pyrrole nitrogens is 1. The summed E-state index contributed by atoms with van der Waals surface area (Å²) in [6.45, 7) is 3.42. The Morgan fingerprint density at radius 3 is 2.38 bits per heavy atom. The van der Waals surface area contributed by atoms with Crippen molar-refractivity contribution in [2.75, 3.05) is 56.0 Å². The van der Waals surface area contributed by atoms with Crippen LogP contribution in [0.1, 0.15) is 6.42 Å². The zero-order chi connectivity index (χ0) is 33.1. The number of nitrogens with one attached hydrogen (secondary N) is 3. The predicted octanol–water partition coefficient (Wildman–Crippen LogP) is 3.30. The number of hydrogen-bond acceptors (Lipinski definition) is 8. The average Bonchev–Trinajstić information content (AvgIpc) is 3.74. The summed E-state index contributed by atoms with van der Waals surface area (Å²) < 4.78 is 13.5. The summed E-state index contributed by atoms with van der Waals surface area (Å²) in [6, 6.07) is 21.3. The molecule has 12 nitrogen and oxygen atoms in total. The van der Waals surface area contributed by atoms with Gasteiger partial charge in [0.2, 0.25) is 12.3 Å². The van der Waals surface area contributed by atoms with Gasteiger partial charge < -0.3 is 20.4 Å². The molecule has 13 heteroatoms.